The number of hydrazone groups is 1. The van der Waals surface area contributed by atoms with E-state index in [4.69, 9.17) is 0 Å². The monoisotopic (exact) mass is 423 g/mol. The Balaban J connectivity index is 1.33. The molecule has 8 heteroatoms. The molecule has 2 unspecified atom stereocenters. The summed E-state index contributed by atoms with van der Waals surface area (Å²) >= 11 is 0. The van der Waals surface area contributed by atoms with Gasteiger partial charge in [-0.15, -0.1) is 0 Å². The van der Waals surface area contributed by atoms with Crippen molar-refractivity contribution in [2.24, 2.45) is 28.8 Å². The van der Waals surface area contributed by atoms with Crippen LogP contribution in [-0.2, 0) is 11.3 Å². The van der Waals surface area contributed by atoms with Crippen LogP contribution in [0.15, 0.2) is 29.5 Å². The first-order valence-electron chi connectivity index (χ1n) is 10.7. The number of nitriles is 1. The van der Waals surface area contributed by atoms with Crippen LogP contribution in [0.25, 0.3) is 0 Å². The predicted molar refractivity (Wildman–Crippen MR) is 109 cm³/mol. The van der Waals surface area contributed by atoms with Crippen molar-refractivity contribution in [2.45, 2.75) is 45.2 Å². The number of aromatic nitrogens is 2. The molecule has 0 spiro atoms. The SMILES string of the molecule is Cc1nn(CC2C[C@H](C(=O)N3N=CCC3c3cc(F)cc(F)c3)C3CC2C3)cc1C#N. The van der Waals surface area contributed by atoms with Gasteiger partial charge in [0.25, 0.3) is 0 Å². The Bertz CT molecular complexity index is 1080. The van der Waals surface area contributed by atoms with Gasteiger partial charge >= 0.3 is 0 Å². The number of aryl methyl sites for hydroxylation is 1. The highest BCUT2D eigenvalue weighted by Crippen LogP contribution is 2.53. The Morgan fingerprint density at radius 2 is 1.94 bits per heavy atom. The molecule has 3 fully saturated rings. The minimum Gasteiger partial charge on any atom is -0.273 e. The van der Waals surface area contributed by atoms with Gasteiger partial charge in [0.05, 0.1) is 17.3 Å². The molecule has 4 aliphatic rings. The molecular weight excluding hydrogens is 400 g/mol. The average Bonchev–Trinajstić information content (AvgIpc) is 3.32. The number of hydrogen-bond acceptors (Lipinski definition) is 4. The normalized spacial score (nSPS) is 29.0. The summed E-state index contributed by atoms with van der Waals surface area (Å²) in [6.45, 7) is 2.51. The molecule has 1 aromatic carbocycles. The van der Waals surface area contributed by atoms with Gasteiger partial charge in [-0.1, -0.05) is 0 Å². The minimum absolute atomic E-state index is 0.0640. The van der Waals surface area contributed by atoms with Crippen molar-refractivity contribution >= 4 is 12.1 Å². The Morgan fingerprint density at radius 1 is 1.19 bits per heavy atom. The number of halogens is 2. The molecule has 0 radical (unpaired) electrons. The van der Waals surface area contributed by atoms with Crippen LogP contribution in [0.3, 0.4) is 0 Å². The van der Waals surface area contributed by atoms with E-state index < -0.39 is 17.7 Å². The van der Waals surface area contributed by atoms with E-state index in [-0.39, 0.29) is 11.8 Å². The molecule has 31 heavy (non-hydrogen) atoms. The Morgan fingerprint density at radius 3 is 2.61 bits per heavy atom. The fourth-order valence-corrected chi connectivity index (χ4v) is 5.46. The summed E-state index contributed by atoms with van der Waals surface area (Å²) in [6.07, 6.45) is 6.61. The third-order valence-electron chi connectivity index (χ3n) is 7.13. The third-order valence-corrected chi connectivity index (χ3v) is 7.13. The molecule has 160 valence electrons. The molecule has 1 amide bonds. The van der Waals surface area contributed by atoms with E-state index in [1.807, 2.05) is 11.6 Å². The first-order chi connectivity index (χ1) is 14.9. The molecule has 2 bridgehead atoms. The summed E-state index contributed by atoms with van der Waals surface area (Å²) in [5.41, 5.74) is 1.72. The number of rotatable bonds is 4. The van der Waals surface area contributed by atoms with Crippen molar-refractivity contribution in [2.75, 3.05) is 0 Å². The highest BCUT2D eigenvalue weighted by atomic mass is 19.1. The van der Waals surface area contributed by atoms with E-state index in [9.17, 15) is 18.8 Å². The van der Waals surface area contributed by atoms with Crippen molar-refractivity contribution in [1.82, 2.24) is 14.8 Å². The highest BCUT2D eigenvalue weighted by Gasteiger charge is 2.50. The summed E-state index contributed by atoms with van der Waals surface area (Å²) in [7, 11) is 0. The number of amides is 1. The number of carbonyl (C=O) groups is 1. The van der Waals surface area contributed by atoms with Crippen LogP contribution in [0.5, 0.6) is 0 Å². The lowest BCUT2D eigenvalue weighted by molar-refractivity contribution is -0.147. The van der Waals surface area contributed by atoms with Crippen molar-refractivity contribution in [3.8, 4) is 6.07 Å². The van der Waals surface area contributed by atoms with E-state index in [2.05, 4.69) is 16.3 Å². The zero-order valence-corrected chi connectivity index (χ0v) is 17.2. The number of nitrogens with zero attached hydrogens (tertiary/aromatic N) is 5. The molecule has 3 aliphatic carbocycles. The molecule has 6 nitrogen and oxygen atoms in total. The Labute approximate surface area is 179 Å². The minimum atomic E-state index is -0.653. The maximum absolute atomic E-state index is 13.7. The van der Waals surface area contributed by atoms with Crippen molar-refractivity contribution in [3.63, 3.8) is 0 Å². The zero-order chi connectivity index (χ0) is 21.7. The first kappa shape index (κ1) is 19.9. The number of hydrogen-bond donors (Lipinski definition) is 0. The van der Waals surface area contributed by atoms with E-state index in [0.29, 0.717) is 47.5 Å². The van der Waals surface area contributed by atoms with Gasteiger partial charge in [0, 0.05) is 37.4 Å². The van der Waals surface area contributed by atoms with Gasteiger partial charge in [0.1, 0.15) is 17.7 Å². The second-order valence-corrected chi connectivity index (χ2v) is 8.99. The quantitative estimate of drug-likeness (QED) is 0.747. The summed E-state index contributed by atoms with van der Waals surface area (Å²) in [5.74, 6) is -0.311. The van der Waals surface area contributed by atoms with Gasteiger partial charge in [0.15, 0.2) is 0 Å². The molecule has 0 N–H and O–H groups in total. The summed E-state index contributed by atoms with van der Waals surface area (Å²) in [4.78, 5) is 13.5. The van der Waals surface area contributed by atoms with Gasteiger partial charge in [-0.25, -0.2) is 13.8 Å². The molecule has 2 heterocycles. The highest BCUT2D eigenvalue weighted by molar-refractivity contribution is 5.82. The van der Waals surface area contributed by atoms with Crippen LogP contribution in [0.2, 0.25) is 0 Å². The lowest BCUT2D eigenvalue weighted by atomic mass is 9.55. The molecule has 3 saturated carbocycles. The van der Waals surface area contributed by atoms with Crippen LogP contribution in [0.4, 0.5) is 8.78 Å². The topological polar surface area (TPSA) is 74.3 Å². The van der Waals surface area contributed by atoms with Gasteiger partial charge in [-0.2, -0.15) is 15.5 Å². The molecular formula is C23H23F2N5O. The van der Waals surface area contributed by atoms with Gasteiger partial charge in [-0.05, 0) is 61.6 Å². The molecule has 2 aromatic rings. The lowest BCUT2D eigenvalue weighted by Crippen LogP contribution is -2.49. The number of carbonyl (C=O) groups excluding carboxylic acids is 1. The standard InChI is InChI=1S/C23H23F2N5O/c1-13-18(10-26)12-29(28-13)11-17-8-21(15-4-14(17)5-15)23(31)30-22(2-3-27-30)16-6-19(24)9-20(25)7-16/h3,6-7,9,12,14-15,17,21-22H,2,4-5,8,11H2,1H3/t14?,15?,17?,21-,22?/m0/s1. The van der Waals surface area contributed by atoms with Crippen molar-refractivity contribution in [3.05, 3.63) is 52.9 Å². The summed E-state index contributed by atoms with van der Waals surface area (Å²) in [5, 5.41) is 19.3. The van der Waals surface area contributed by atoms with E-state index in [1.165, 1.54) is 17.1 Å². The third kappa shape index (κ3) is 3.52. The van der Waals surface area contributed by atoms with Gasteiger partial charge in [-0.3, -0.25) is 9.48 Å². The summed E-state index contributed by atoms with van der Waals surface area (Å²) in [6, 6.07) is 5.07. The van der Waals surface area contributed by atoms with Crippen LogP contribution in [0.1, 0.15) is 48.5 Å². The van der Waals surface area contributed by atoms with Crippen LogP contribution >= 0.6 is 0 Å². The fourth-order valence-electron chi connectivity index (χ4n) is 5.46. The molecule has 0 saturated heterocycles. The average molecular weight is 423 g/mol. The lowest BCUT2D eigenvalue weighted by Gasteiger charge is -2.51. The molecule has 1 aromatic heterocycles. The Kier molecular flexibility index (Phi) is 4.84. The molecule has 6 rings (SSSR count). The fraction of sp³-hybridized carbons (Fsp3) is 0.478. The number of fused-ring (bicyclic) bond motifs is 2. The van der Waals surface area contributed by atoms with E-state index in [1.54, 1.807) is 12.4 Å². The number of benzene rings is 1. The second-order valence-electron chi connectivity index (χ2n) is 8.99. The van der Waals surface area contributed by atoms with Crippen LogP contribution < -0.4 is 0 Å². The summed E-state index contributed by atoms with van der Waals surface area (Å²) < 4.78 is 29.3. The maximum Gasteiger partial charge on any atom is 0.246 e. The second kappa shape index (κ2) is 7.56. The molecule has 1 aliphatic heterocycles. The van der Waals surface area contributed by atoms with Crippen LogP contribution in [-0.4, -0.2) is 26.9 Å². The predicted octanol–water partition coefficient (Wildman–Crippen LogP) is 3.96. The largest absolute Gasteiger partial charge is 0.273 e. The smallest absolute Gasteiger partial charge is 0.246 e. The molecule has 3 atom stereocenters. The van der Waals surface area contributed by atoms with Crippen LogP contribution in [0, 0.1) is 53.6 Å². The Hall–Kier alpha value is -3.08. The zero-order valence-electron chi connectivity index (χ0n) is 17.2. The van der Waals surface area contributed by atoms with Crippen molar-refractivity contribution < 1.29 is 13.6 Å². The van der Waals surface area contributed by atoms with E-state index >= 15 is 0 Å². The maximum atomic E-state index is 13.7. The van der Waals surface area contributed by atoms with E-state index in [0.717, 1.165) is 25.3 Å². The van der Waals surface area contributed by atoms with Gasteiger partial charge < -0.3 is 0 Å². The van der Waals surface area contributed by atoms with Crippen molar-refractivity contribution in [1.29, 1.82) is 5.26 Å². The first-order valence-corrected chi connectivity index (χ1v) is 10.7. The van der Waals surface area contributed by atoms with Gasteiger partial charge in [0.2, 0.25) is 5.91 Å².